The van der Waals surface area contributed by atoms with Crippen molar-refractivity contribution in [1.29, 1.82) is 0 Å². The molecule has 1 aromatic heterocycles. The molecule has 21 heavy (non-hydrogen) atoms. The number of hydrogen-bond donors (Lipinski definition) is 1. The van der Waals surface area contributed by atoms with Crippen LogP contribution in [0.2, 0.25) is 0 Å². The number of nitrogens with zero attached hydrogens (tertiary/aromatic N) is 2. The summed E-state index contributed by atoms with van der Waals surface area (Å²) in [7, 11) is 0. The maximum Gasteiger partial charge on any atom is 0.264 e. The Morgan fingerprint density at radius 3 is 2.43 bits per heavy atom. The van der Waals surface area contributed by atoms with Crippen molar-refractivity contribution in [1.82, 2.24) is 15.5 Å². The van der Waals surface area contributed by atoms with Gasteiger partial charge >= 0.3 is 0 Å². The van der Waals surface area contributed by atoms with Gasteiger partial charge in [-0.15, -0.1) is 0 Å². The standard InChI is InChI=1S/C16H23N3O2/c1-11(2)16-18-15(21-19-16)10-20-14-7-5-13(6-8-14)9-17-12(3)4/h5-8,11-12,17H,9-10H2,1-4H3. The smallest absolute Gasteiger partial charge is 0.264 e. The van der Waals surface area contributed by atoms with Crippen LogP contribution in [0.1, 0.15) is 50.9 Å². The molecule has 5 nitrogen and oxygen atoms in total. The molecule has 0 radical (unpaired) electrons. The lowest BCUT2D eigenvalue weighted by atomic mass is 10.2. The Labute approximate surface area is 125 Å². The summed E-state index contributed by atoms with van der Waals surface area (Å²) in [4.78, 5) is 4.28. The summed E-state index contributed by atoms with van der Waals surface area (Å²) in [6.07, 6.45) is 0. The third kappa shape index (κ3) is 4.86. The van der Waals surface area contributed by atoms with E-state index in [9.17, 15) is 0 Å². The second-order valence-electron chi connectivity index (χ2n) is 5.67. The Morgan fingerprint density at radius 1 is 1.14 bits per heavy atom. The Hall–Kier alpha value is -1.88. The lowest BCUT2D eigenvalue weighted by molar-refractivity contribution is 0.242. The average molecular weight is 289 g/mol. The van der Waals surface area contributed by atoms with E-state index in [2.05, 4.69) is 41.4 Å². The minimum absolute atomic E-state index is 0.259. The molecule has 0 atom stereocenters. The second kappa shape index (κ2) is 7.22. The third-order valence-corrected chi connectivity index (χ3v) is 3.00. The first kappa shape index (κ1) is 15.5. The van der Waals surface area contributed by atoms with E-state index in [1.54, 1.807) is 0 Å². The molecule has 0 unspecified atom stereocenters. The highest BCUT2D eigenvalue weighted by molar-refractivity contribution is 5.27. The Morgan fingerprint density at radius 2 is 1.86 bits per heavy atom. The zero-order valence-electron chi connectivity index (χ0n) is 13.1. The summed E-state index contributed by atoms with van der Waals surface area (Å²) in [6.45, 7) is 9.47. The van der Waals surface area contributed by atoms with E-state index < -0.39 is 0 Å². The minimum atomic E-state index is 0.259. The molecule has 0 saturated heterocycles. The number of hydrogen-bond acceptors (Lipinski definition) is 5. The zero-order chi connectivity index (χ0) is 15.2. The highest BCUT2D eigenvalue weighted by Gasteiger charge is 2.09. The van der Waals surface area contributed by atoms with Crippen LogP contribution in [0.15, 0.2) is 28.8 Å². The van der Waals surface area contributed by atoms with Gasteiger partial charge in [-0.3, -0.25) is 0 Å². The van der Waals surface area contributed by atoms with Crippen LogP contribution in [0.5, 0.6) is 5.75 Å². The first-order valence-electron chi connectivity index (χ1n) is 7.32. The number of aromatic nitrogens is 2. The molecular weight excluding hydrogens is 266 g/mol. The fourth-order valence-electron chi connectivity index (χ4n) is 1.73. The molecular formula is C16H23N3O2. The molecule has 1 N–H and O–H groups in total. The van der Waals surface area contributed by atoms with Gasteiger partial charge in [0.05, 0.1) is 0 Å². The van der Waals surface area contributed by atoms with Crippen LogP contribution in [-0.2, 0) is 13.2 Å². The Balaban J connectivity index is 1.85. The van der Waals surface area contributed by atoms with E-state index in [0.29, 0.717) is 24.4 Å². The van der Waals surface area contributed by atoms with E-state index in [-0.39, 0.29) is 5.92 Å². The van der Waals surface area contributed by atoms with Crippen LogP contribution >= 0.6 is 0 Å². The van der Waals surface area contributed by atoms with Crippen molar-refractivity contribution in [2.24, 2.45) is 0 Å². The Kier molecular flexibility index (Phi) is 5.33. The van der Waals surface area contributed by atoms with Gasteiger partial charge < -0.3 is 14.6 Å². The van der Waals surface area contributed by atoms with Gasteiger partial charge in [0.1, 0.15) is 5.75 Å². The lowest BCUT2D eigenvalue weighted by Crippen LogP contribution is -2.21. The summed E-state index contributed by atoms with van der Waals surface area (Å²) < 4.78 is 10.8. The van der Waals surface area contributed by atoms with E-state index in [1.807, 2.05) is 26.0 Å². The molecule has 5 heteroatoms. The van der Waals surface area contributed by atoms with Crippen LogP contribution in [0.4, 0.5) is 0 Å². The van der Waals surface area contributed by atoms with Crippen LogP contribution in [-0.4, -0.2) is 16.2 Å². The van der Waals surface area contributed by atoms with Gasteiger partial charge in [0, 0.05) is 18.5 Å². The molecule has 0 saturated carbocycles. The van der Waals surface area contributed by atoms with Gasteiger partial charge in [0.25, 0.3) is 5.89 Å². The number of nitrogens with one attached hydrogen (secondary N) is 1. The normalized spacial score (nSPS) is 11.3. The Bertz CT molecular complexity index is 547. The molecule has 1 heterocycles. The second-order valence-corrected chi connectivity index (χ2v) is 5.67. The van der Waals surface area contributed by atoms with Gasteiger partial charge in [0.2, 0.25) is 0 Å². The third-order valence-electron chi connectivity index (χ3n) is 3.00. The highest BCUT2D eigenvalue weighted by Crippen LogP contribution is 2.15. The average Bonchev–Trinajstić information content (AvgIpc) is 2.93. The van der Waals surface area contributed by atoms with Gasteiger partial charge in [-0.2, -0.15) is 4.98 Å². The van der Waals surface area contributed by atoms with Crippen LogP contribution in [0.3, 0.4) is 0 Å². The fraction of sp³-hybridized carbons (Fsp3) is 0.500. The summed E-state index contributed by atoms with van der Waals surface area (Å²) in [5, 5.41) is 7.29. The van der Waals surface area contributed by atoms with Crippen LogP contribution in [0, 0.1) is 0 Å². The predicted molar refractivity (Wildman–Crippen MR) is 81.1 cm³/mol. The van der Waals surface area contributed by atoms with Crippen molar-refractivity contribution in [3.05, 3.63) is 41.5 Å². The van der Waals surface area contributed by atoms with Gasteiger partial charge in [-0.05, 0) is 17.7 Å². The molecule has 1 aromatic carbocycles. The molecule has 0 amide bonds. The van der Waals surface area contributed by atoms with Gasteiger partial charge in [-0.1, -0.05) is 45.0 Å². The number of ether oxygens (including phenoxy) is 1. The molecule has 0 fully saturated rings. The topological polar surface area (TPSA) is 60.2 Å². The first-order valence-corrected chi connectivity index (χ1v) is 7.32. The maximum absolute atomic E-state index is 5.65. The van der Waals surface area contributed by atoms with E-state index in [0.717, 1.165) is 12.3 Å². The highest BCUT2D eigenvalue weighted by atomic mass is 16.5. The van der Waals surface area contributed by atoms with Crippen molar-refractivity contribution >= 4 is 0 Å². The SMILES string of the molecule is CC(C)NCc1ccc(OCc2nc(C(C)C)no2)cc1. The molecule has 0 aliphatic rings. The van der Waals surface area contributed by atoms with Gasteiger partial charge in [0.15, 0.2) is 12.4 Å². The summed E-state index contributed by atoms with van der Waals surface area (Å²) in [5.74, 6) is 2.27. The largest absolute Gasteiger partial charge is 0.484 e. The van der Waals surface area contributed by atoms with E-state index >= 15 is 0 Å². The summed E-state index contributed by atoms with van der Waals surface area (Å²) in [6, 6.07) is 8.50. The molecule has 0 aliphatic carbocycles. The first-order chi connectivity index (χ1) is 10.0. The molecule has 2 rings (SSSR count). The van der Waals surface area contributed by atoms with Crippen molar-refractivity contribution in [2.45, 2.75) is 52.8 Å². The van der Waals surface area contributed by atoms with E-state index in [4.69, 9.17) is 9.26 Å². The summed E-state index contributed by atoms with van der Waals surface area (Å²) in [5.41, 5.74) is 1.23. The van der Waals surface area contributed by atoms with Crippen molar-refractivity contribution in [2.75, 3.05) is 0 Å². The van der Waals surface area contributed by atoms with Crippen LogP contribution < -0.4 is 10.1 Å². The molecule has 0 spiro atoms. The number of rotatable bonds is 7. The fourth-order valence-corrected chi connectivity index (χ4v) is 1.73. The van der Waals surface area contributed by atoms with Gasteiger partial charge in [-0.25, -0.2) is 0 Å². The van der Waals surface area contributed by atoms with Crippen molar-refractivity contribution < 1.29 is 9.26 Å². The summed E-state index contributed by atoms with van der Waals surface area (Å²) >= 11 is 0. The predicted octanol–water partition coefficient (Wildman–Crippen LogP) is 3.27. The maximum atomic E-state index is 5.65. The minimum Gasteiger partial charge on any atom is -0.484 e. The monoisotopic (exact) mass is 289 g/mol. The van der Waals surface area contributed by atoms with Crippen molar-refractivity contribution in [3.8, 4) is 5.75 Å². The quantitative estimate of drug-likeness (QED) is 0.847. The molecule has 0 aliphatic heterocycles. The van der Waals surface area contributed by atoms with Crippen LogP contribution in [0.25, 0.3) is 0 Å². The molecule has 114 valence electrons. The molecule has 0 bridgehead atoms. The lowest BCUT2D eigenvalue weighted by Gasteiger charge is -2.09. The number of benzene rings is 1. The van der Waals surface area contributed by atoms with Crippen molar-refractivity contribution in [3.63, 3.8) is 0 Å². The zero-order valence-corrected chi connectivity index (χ0v) is 13.1. The van der Waals surface area contributed by atoms with E-state index in [1.165, 1.54) is 5.56 Å². The molecule has 2 aromatic rings.